The third-order valence-electron chi connectivity index (χ3n) is 4.32. The minimum absolute atomic E-state index is 0.112. The van der Waals surface area contributed by atoms with E-state index in [1.54, 1.807) is 23.1 Å². The molecule has 0 bridgehead atoms. The summed E-state index contributed by atoms with van der Waals surface area (Å²) < 4.78 is 6.27. The normalized spacial score (nSPS) is 14.7. The standard InChI is InChI=1S/C18H21N3O3/c1-2-12-20(15-10-6-7-11-15)16(22)13-21-18(23)24-17(19-21)14-8-4-3-5-9-14/h2-5,8-9,15H,1,6-7,10-13H2. The number of rotatable bonds is 6. The fourth-order valence-electron chi connectivity index (χ4n) is 3.13. The topological polar surface area (TPSA) is 68.3 Å². The molecule has 0 N–H and O–H groups in total. The van der Waals surface area contributed by atoms with Crippen LogP contribution in [0.4, 0.5) is 0 Å². The average molecular weight is 327 g/mol. The second kappa shape index (κ2) is 7.29. The first-order chi connectivity index (χ1) is 11.7. The first-order valence-corrected chi connectivity index (χ1v) is 8.23. The summed E-state index contributed by atoms with van der Waals surface area (Å²) in [5.41, 5.74) is 0.708. The van der Waals surface area contributed by atoms with Crippen LogP contribution in [0.15, 0.2) is 52.2 Å². The van der Waals surface area contributed by atoms with Crippen LogP contribution >= 0.6 is 0 Å². The van der Waals surface area contributed by atoms with Crippen molar-refractivity contribution in [3.8, 4) is 11.5 Å². The number of carbonyl (C=O) groups is 1. The predicted octanol–water partition coefficient (Wildman–Crippen LogP) is 2.46. The van der Waals surface area contributed by atoms with E-state index in [1.165, 1.54) is 0 Å². The van der Waals surface area contributed by atoms with Crippen molar-refractivity contribution in [1.29, 1.82) is 0 Å². The number of carbonyl (C=O) groups excluding carboxylic acids is 1. The van der Waals surface area contributed by atoms with Gasteiger partial charge in [-0.2, -0.15) is 4.68 Å². The van der Waals surface area contributed by atoms with E-state index in [1.807, 2.05) is 18.2 Å². The molecule has 0 radical (unpaired) electrons. The highest BCUT2D eigenvalue weighted by Crippen LogP contribution is 2.23. The van der Waals surface area contributed by atoms with Crippen LogP contribution in [0.3, 0.4) is 0 Å². The lowest BCUT2D eigenvalue weighted by Crippen LogP contribution is -2.42. The van der Waals surface area contributed by atoms with E-state index in [0.29, 0.717) is 12.1 Å². The number of nitrogens with zero attached hydrogens (tertiary/aromatic N) is 3. The second-order valence-electron chi connectivity index (χ2n) is 5.97. The van der Waals surface area contributed by atoms with Crippen LogP contribution < -0.4 is 5.76 Å². The Morgan fingerprint density at radius 2 is 2.04 bits per heavy atom. The minimum atomic E-state index is -0.618. The molecule has 6 nitrogen and oxygen atoms in total. The van der Waals surface area contributed by atoms with Gasteiger partial charge in [0.05, 0.1) is 0 Å². The Hall–Kier alpha value is -2.63. The molecule has 2 aromatic rings. The first-order valence-electron chi connectivity index (χ1n) is 8.23. The SMILES string of the molecule is C=CCN(C(=O)Cn1nc(-c2ccccc2)oc1=O)C1CCCC1. The van der Waals surface area contributed by atoms with Crippen LogP contribution in [0.25, 0.3) is 11.5 Å². The molecular formula is C18H21N3O3. The van der Waals surface area contributed by atoms with Gasteiger partial charge in [-0.1, -0.05) is 37.1 Å². The van der Waals surface area contributed by atoms with Gasteiger partial charge in [-0.15, -0.1) is 11.7 Å². The highest BCUT2D eigenvalue weighted by molar-refractivity contribution is 5.76. The summed E-state index contributed by atoms with van der Waals surface area (Å²) in [6.45, 7) is 4.10. The van der Waals surface area contributed by atoms with Crippen molar-refractivity contribution < 1.29 is 9.21 Å². The van der Waals surface area contributed by atoms with Crippen molar-refractivity contribution in [3.63, 3.8) is 0 Å². The fourth-order valence-corrected chi connectivity index (χ4v) is 3.13. The Morgan fingerprint density at radius 1 is 1.33 bits per heavy atom. The van der Waals surface area contributed by atoms with Crippen molar-refractivity contribution in [3.05, 3.63) is 53.5 Å². The summed E-state index contributed by atoms with van der Waals surface area (Å²) in [6.07, 6.45) is 5.99. The Morgan fingerprint density at radius 3 is 2.71 bits per heavy atom. The summed E-state index contributed by atoms with van der Waals surface area (Å²) in [6, 6.07) is 9.39. The van der Waals surface area contributed by atoms with Crippen molar-refractivity contribution in [2.45, 2.75) is 38.3 Å². The number of aromatic nitrogens is 2. The van der Waals surface area contributed by atoms with Gasteiger partial charge in [0.15, 0.2) is 0 Å². The van der Waals surface area contributed by atoms with Crippen LogP contribution in [-0.2, 0) is 11.3 Å². The average Bonchev–Trinajstić information content (AvgIpc) is 3.24. The van der Waals surface area contributed by atoms with E-state index in [2.05, 4.69) is 11.7 Å². The van der Waals surface area contributed by atoms with E-state index < -0.39 is 5.76 Å². The van der Waals surface area contributed by atoms with Gasteiger partial charge in [0.1, 0.15) is 6.54 Å². The summed E-state index contributed by atoms with van der Waals surface area (Å²) in [4.78, 5) is 26.4. The molecule has 1 aliphatic carbocycles. The third kappa shape index (κ3) is 3.48. The molecule has 1 heterocycles. The summed E-state index contributed by atoms with van der Waals surface area (Å²) in [7, 11) is 0. The molecule has 6 heteroatoms. The number of benzene rings is 1. The van der Waals surface area contributed by atoms with E-state index in [-0.39, 0.29) is 24.4 Å². The molecule has 0 atom stereocenters. The van der Waals surface area contributed by atoms with Crippen LogP contribution in [0.1, 0.15) is 25.7 Å². The lowest BCUT2D eigenvalue weighted by molar-refractivity contribution is -0.133. The molecule has 126 valence electrons. The van der Waals surface area contributed by atoms with Gasteiger partial charge >= 0.3 is 5.76 Å². The van der Waals surface area contributed by atoms with Crippen LogP contribution in [0.2, 0.25) is 0 Å². The smallest absolute Gasteiger partial charge is 0.388 e. The van der Waals surface area contributed by atoms with E-state index in [4.69, 9.17) is 4.42 Å². The largest absolute Gasteiger partial charge is 0.437 e. The molecular weight excluding hydrogens is 306 g/mol. The quantitative estimate of drug-likeness (QED) is 0.764. The number of hydrogen-bond acceptors (Lipinski definition) is 4. The predicted molar refractivity (Wildman–Crippen MR) is 90.4 cm³/mol. The Bertz CT molecular complexity index is 757. The summed E-state index contributed by atoms with van der Waals surface area (Å²) >= 11 is 0. The molecule has 3 rings (SSSR count). The maximum absolute atomic E-state index is 12.6. The van der Waals surface area contributed by atoms with Crippen LogP contribution in [0.5, 0.6) is 0 Å². The molecule has 24 heavy (non-hydrogen) atoms. The monoisotopic (exact) mass is 327 g/mol. The van der Waals surface area contributed by atoms with Crippen molar-refractivity contribution >= 4 is 5.91 Å². The molecule has 0 aliphatic heterocycles. The third-order valence-corrected chi connectivity index (χ3v) is 4.32. The highest BCUT2D eigenvalue weighted by atomic mass is 16.4. The minimum Gasteiger partial charge on any atom is -0.388 e. The van der Waals surface area contributed by atoms with E-state index in [9.17, 15) is 9.59 Å². The molecule has 0 unspecified atom stereocenters. The van der Waals surface area contributed by atoms with Crippen LogP contribution in [-0.4, -0.2) is 33.2 Å². The van der Waals surface area contributed by atoms with Gasteiger partial charge in [-0.25, -0.2) is 4.79 Å². The van der Waals surface area contributed by atoms with Gasteiger partial charge in [0, 0.05) is 18.2 Å². The van der Waals surface area contributed by atoms with Crippen LogP contribution in [0, 0.1) is 0 Å². The highest BCUT2D eigenvalue weighted by Gasteiger charge is 2.26. The zero-order valence-electron chi connectivity index (χ0n) is 13.6. The fraction of sp³-hybridized carbons (Fsp3) is 0.389. The molecule has 1 amide bonds. The molecule has 0 saturated heterocycles. The first kappa shape index (κ1) is 16.2. The molecule has 1 aliphatic rings. The van der Waals surface area contributed by atoms with Gasteiger partial charge in [0.25, 0.3) is 0 Å². The molecule has 1 fully saturated rings. The van der Waals surface area contributed by atoms with Crippen molar-refractivity contribution in [2.24, 2.45) is 0 Å². The molecule has 1 aromatic carbocycles. The van der Waals surface area contributed by atoms with Crippen molar-refractivity contribution in [1.82, 2.24) is 14.7 Å². The Labute approximate surface area is 140 Å². The maximum atomic E-state index is 12.6. The van der Waals surface area contributed by atoms with Gasteiger partial charge < -0.3 is 9.32 Å². The van der Waals surface area contributed by atoms with Gasteiger partial charge in [0.2, 0.25) is 11.8 Å². The zero-order chi connectivity index (χ0) is 16.9. The molecule has 1 saturated carbocycles. The lowest BCUT2D eigenvalue weighted by Gasteiger charge is -2.27. The van der Waals surface area contributed by atoms with E-state index in [0.717, 1.165) is 30.4 Å². The van der Waals surface area contributed by atoms with Gasteiger partial charge in [-0.05, 0) is 25.0 Å². The second-order valence-corrected chi connectivity index (χ2v) is 5.97. The van der Waals surface area contributed by atoms with Crippen molar-refractivity contribution in [2.75, 3.05) is 6.54 Å². The number of amides is 1. The van der Waals surface area contributed by atoms with Gasteiger partial charge in [-0.3, -0.25) is 4.79 Å². The summed E-state index contributed by atoms with van der Waals surface area (Å²) in [5, 5.41) is 4.15. The summed E-state index contributed by atoms with van der Waals surface area (Å²) in [5.74, 6) is -0.520. The maximum Gasteiger partial charge on any atom is 0.437 e. The lowest BCUT2D eigenvalue weighted by atomic mass is 10.2. The molecule has 1 aromatic heterocycles. The Kier molecular flexibility index (Phi) is 4.93. The number of hydrogen-bond donors (Lipinski definition) is 0. The van der Waals surface area contributed by atoms with E-state index >= 15 is 0 Å². The Balaban J connectivity index is 1.77. The zero-order valence-corrected chi connectivity index (χ0v) is 13.6. The molecule has 0 spiro atoms.